The fraction of sp³-hybridized carbons (Fsp3) is 0.688. The number of anilines is 1. The van der Waals surface area contributed by atoms with Crippen LogP contribution in [0.1, 0.15) is 64.6 Å². The number of rotatable bonds is 4. The average Bonchev–Trinajstić information content (AvgIpc) is 2.89. The van der Waals surface area contributed by atoms with E-state index in [1.807, 2.05) is 0 Å². The van der Waals surface area contributed by atoms with Crippen LogP contribution in [0.25, 0.3) is 0 Å². The van der Waals surface area contributed by atoms with Crippen molar-refractivity contribution < 1.29 is 23.1 Å². The maximum Gasteiger partial charge on any atom is 0.412 e. The number of carbonyl (C=O) groups is 2. The smallest absolute Gasteiger partial charge is 0.412 e. The van der Waals surface area contributed by atoms with Crippen LogP contribution in [0, 0.1) is 5.92 Å². The molecule has 0 saturated heterocycles. The lowest BCUT2D eigenvalue weighted by atomic mass is 9.87. The van der Waals surface area contributed by atoms with Crippen molar-refractivity contribution in [2.75, 3.05) is 5.32 Å². The van der Waals surface area contributed by atoms with E-state index >= 15 is 0 Å². The van der Waals surface area contributed by atoms with E-state index in [1.165, 1.54) is 10.9 Å². The van der Waals surface area contributed by atoms with Crippen LogP contribution in [0.5, 0.6) is 0 Å². The first-order valence-electron chi connectivity index (χ1n) is 8.02. The predicted octanol–water partition coefficient (Wildman–Crippen LogP) is 4.10. The quantitative estimate of drug-likeness (QED) is 0.836. The van der Waals surface area contributed by atoms with Crippen LogP contribution in [0.4, 0.5) is 19.3 Å². The van der Waals surface area contributed by atoms with Crippen molar-refractivity contribution in [2.45, 2.75) is 64.5 Å². The van der Waals surface area contributed by atoms with Crippen molar-refractivity contribution in [3.8, 4) is 0 Å². The first-order valence-corrected chi connectivity index (χ1v) is 8.02. The number of amides is 1. The molecule has 1 heterocycles. The Bertz CT molecular complexity index is 588. The van der Waals surface area contributed by atoms with Crippen molar-refractivity contribution in [2.24, 2.45) is 5.92 Å². The van der Waals surface area contributed by atoms with Gasteiger partial charge in [-0.05, 0) is 46.5 Å². The fourth-order valence-corrected chi connectivity index (χ4v) is 2.77. The van der Waals surface area contributed by atoms with Gasteiger partial charge >= 0.3 is 6.09 Å². The largest absolute Gasteiger partial charge is 0.444 e. The second-order valence-corrected chi connectivity index (χ2v) is 7.04. The first kappa shape index (κ1) is 18.4. The zero-order valence-corrected chi connectivity index (χ0v) is 14.1. The Morgan fingerprint density at radius 2 is 2.00 bits per heavy atom. The van der Waals surface area contributed by atoms with E-state index in [4.69, 9.17) is 4.74 Å². The number of nitrogens with zero attached hydrogens (tertiary/aromatic N) is 2. The average molecular weight is 343 g/mol. The Kier molecular flexibility index (Phi) is 5.56. The van der Waals surface area contributed by atoms with E-state index in [0.29, 0.717) is 25.7 Å². The molecule has 1 N–H and O–H groups in total. The van der Waals surface area contributed by atoms with Crippen LogP contribution in [0.15, 0.2) is 6.20 Å². The second kappa shape index (κ2) is 7.27. The molecule has 0 spiro atoms. The van der Waals surface area contributed by atoms with Crippen LogP contribution in [-0.2, 0) is 9.53 Å². The Labute approximate surface area is 139 Å². The molecular weight excluding hydrogens is 320 g/mol. The van der Waals surface area contributed by atoms with Gasteiger partial charge in [-0.2, -0.15) is 5.10 Å². The minimum atomic E-state index is -2.80. The summed E-state index contributed by atoms with van der Waals surface area (Å²) in [5.74, 6) is 0.0331. The molecule has 1 amide bonds. The highest BCUT2D eigenvalue weighted by molar-refractivity contribution is 5.85. The van der Waals surface area contributed by atoms with E-state index in [9.17, 15) is 18.4 Å². The standard InChI is InChI=1S/C16H23F2N3O3/c1-16(2,3)24-15(23)19-12-8-21(20-13(12)14(17)18)11-6-4-10(9-22)5-7-11/h8-11,14H,4-7H2,1-3H3,(H,19,23). The van der Waals surface area contributed by atoms with Gasteiger partial charge in [0.05, 0.1) is 11.7 Å². The lowest BCUT2D eigenvalue weighted by molar-refractivity contribution is -0.112. The number of nitrogens with one attached hydrogen (secondary N) is 1. The van der Waals surface area contributed by atoms with Gasteiger partial charge in [0, 0.05) is 12.1 Å². The van der Waals surface area contributed by atoms with Gasteiger partial charge in [-0.25, -0.2) is 13.6 Å². The maximum atomic E-state index is 13.2. The number of ether oxygens (including phenoxy) is 1. The third kappa shape index (κ3) is 4.75. The highest BCUT2D eigenvalue weighted by Crippen LogP contribution is 2.34. The fourth-order valence-electron chi connectivity index (χ4n) is 2.77. The van der Waals surface area contributed by atoms with Crippen molar-refractivity contribution in [1.82, 2.24) is 9.78 Å². The van der Waals surface area contributed by atoms with E-state index < -0.39 is 23.8 Å². The topological polar surface area (TPSA) is 73.2 Å². The van der Waals surface area contributed by atoms with E-state index in [2.05, 4.69) is 10.4 Å². The van der Waals surface area contributed by atoms with Gasteiger partial charge in [-0.15, -0.1) is 0 Å². The number of aldehydes is 1. The molecule has 6 nitrogen and oxygen atoms in total. The molecular formula is C16H23F2N3O3. The molecule has 1 fully saturated rings. The maximum absolute atomic E-state index is 13.2. The number of halogens is 2. The molecule has 0 radical (unpaired) electrons. The van der Waals surface area contributed by atoms with Gasteiger partial charge in [0.15, 0.2) is 5.69 Å². The van der Waals surface area contributed by atoms with Crippen LogP contribution < -0.4 is 5.32 Å². The van der Waals surface area contributed by atoms with E-state index in [0.717, 1.165) is 6.29 Å². The van der Waals surface area contributed by atoms with Gasteiger partial charge in [-0.1, -0.05) is 0 Å². The molecule has 1 saturated carbocycles. The Hall–Kier alpha value is -1.99. The van der Waals surface area contributed by atoms with Crippen molar-refractivity contribution >= 4 is 18.1 Å². The van der Waals surface area contributed by atoms with Gasteiger partial charge in [0.25, 0.3) is 6.43 Å². The van der Waals surface area contributed by atoms with Crippen molar-refractivity contribution in [3.05, 3.63) is 11.9 Å². The van der Waals surface area contributed by atoms with Crippen LogP contribution in [-0.4, -0.2) is 27.8 Å². The zero-order chi connectivity index (χ0) is 17.9. The summed E-state index contributed by atoms with van der Waals surface area (Å²) in [5.41, 5.74) is -1.24. The monoisotopic (exact) mass is 343 g/mol. The molecule has 2 rings (SSSR count). The molecule has 1 aliphatic carbocycles. The van der Waals surface area contributed by atoms with Gasteiger partial charge in [-0.3, -0.25) is 10.00 Å². The Balaban J connectivity index is 2.12. The summed E-state index contributed by atoms with van der Waals surface area (Å²) < 4.78 is 33.0. The molecule has 0 unspecified atom stereocenters. The highest BCUT2D eigenvalue weighted by Gasteiger charge is 2.27. The molecule has 0 atom stereocenters. The predicted molar refractivity (Wildman–Crippen MR) is 84.1 cm³/mol. The van der Waals surface area contributed by atoms with Crippen molar-refractivity contribution in [3.63, 3.8) is 0 Å². The molecule has 1 aromatic rings. The number of hydrogen-bond donors (Lipinski definition) is 1. The highest BCUT2D eigenvalue weighted by atomic mass is 19.3. The number of carbonyl (C=O) groups excluding carboxylic acids is 2. The van der Waals surface area contributed by atoms with Crippen LogP contribution in [0.3, 0.4) is 0 Å². The lowest BCUT2D eigenvalue weighted by Crippen LogP contribution is -2.27. The Morgan fingerprint density at radius 3 is 2.50 bits per heavy atom. The molecule has 0 bridgehead atoms. The normalized spacial score (nSPS) is 21.6. The summed E-state index contributed by atoms with van der Waals surface area (Å²) in [7, 11) is 0. The van der Waals surface area contributed by atoms with E-state index in [1.54, 1.807) is 20.8 Å². The second-order valence-electron chi connectivity index (χ2n) is 7.04. The van der Waals surface area contributed by atoms with Gasteiger partial charge < -0.3 is 9.53 Å². The summed E-state index contributed by atoms with van der Waals surface area (Å²) in [6.45, 7) is 5.07. The first-order chi connectivity index (χ1) is 11.2. The third-order valence-electron chi connectivity index (χ3n) is 3.91. The van der Waals surface area contributed by atoms with Crippen molar-refractivity contribution in [1.29, 1.82) is 0 Å². The Morgan fingerprint density at radius 1 is 1.38 bits per heavy atom. The lowest BCUT2D eigenvalue weighted by Gasteiger charge is -2.25. The van der Waals surface area contributed by atoms with E-state index in [-0.39, 0.29) is 17.6 Å². The number of aromatic nitrogens is 2. The van der Waals surface area contributed by atoms with Gasteiger partial charge in [0.1, 0.15) is 11.9 Å². The molecule has 1 aliphatic rings. The summed E-state index contributed by atoms with van der Waals surface area (Å²) in [6.07, 6.45) is 1.58. The molecule has 1 aromatic heterocycles. The summed E-state index contributed by atoms with van der Waals surface area (Å²) >= 11 is 0. The van der Waals surface area contributed by atoms with Crippen LogP contribution in [0.2, 0.25) is 0 Å². The minimum Gasteiger partial charge on any atom is -0.444 e. The summed E-state index contributed by atoms with van der Waals surface area (Å²) in [5, 5.41) is 6.29. The summed E-state index contributed by atoms with van der Waals surface area (Å²) in [6, 6.07) is -0.0483. The zero-order valence-electron chi connectivity index (χ0n) is 14.1. The summed E-state index contributed by atoms with van der Waals surface area (Å²) in [4.78, 5) is 22.6. The number of hydrogen-bond acceptors (Lipinski definition) is 4. The third-order valence-corrected chi connectivity index (χ3v) is 3.91. The molecule has 0 aliphatic heterocycles. The number of alkyl halides is 2. The SMILES string of the molecule is CC(C)(C)OC(=O)Nc1cn(C2CCC(C=O)CC2)nc1C(F)F. The minimum absolute atomic E-state index is 0.0331. The molecule has 0 aromatic carbocycles. The molecule has 8 heteroatoms. The molecule has 134 valence electrons. The molecule has 24 heavy (non-hydrogen) atoms. The van der Waals surface area contributed by atoms with Crippen LogP contribution >= 0.6 is 0 Å². The van der Waals surface area contributed by atoms with Gasteiger partial charge in [0.2, 0.25) is 0 Å².